The first-order valence-corrected chi connectivity index (χ1v) is 6.15. The predicted octanol–water partition coefficient (Wildman–Crippen LogP) is 2.74. The number of aromatic nitrogens is 2. The third kappa shape index (κ3) is 2.27. The van der Waals surface area contributed by atoms with Crippen molar-refractivity contribution in [2.75, 3.05) is 0 Å². The first-order valence-electron chi connectivity index (χ1n) is 6.15. The first kappa shape index (κ1) is 12.7. The van der Waals surface area contributed by atoms with Gasteiger partial charge in [0.15, 0.2) is 0 Å². The van der Waals surface area contributed by atoms with E-state index in [1.165, 1.54) is 0 Å². The summed E-state index contributed by atoms with van der Waals surface area (Å²) in [5, 5.41) is 10.8. The molecule has 0 saturated heterocycles. The van der Waals surface area contributed by atoms with E-state index < -0.39 is 5.60 Å². The summed E-state index contributed by atoms with van der Waals surface area (Å²) < 4.78 is 0. The van der Waals surface area contributed by atoms with E-state index in [9.17, 15) is 5.11 Å². The molecule has 2 aromatic heterocycles. The summed E-state index contributed by atoms with van der Waals surface area (Å²) >= 11 is 0. The molecule has 3 heteroatoms. The van der Waals surface area contributed by atoms with Crippen molar-refractivity contribution in [2.45, 2.75) is 32.8 Å². The van der Waals surface area contributed by atoms with Crippen LogP contribution in [0.15, 0.2) is 36.7 Å². The lowest BCUT2D eigenvalue weighted by molar-refractivity contribution is 0.0673. The lowest BCUT2D eigenvalue weighted by Gasteiger charge is -2.25. The van der Waals surface area contributed by atoms with Gasteiger partial charge in [0.05, 0.1) is 11.4 Å². The summed E-state index contributed by atoms with van der Waals surface area (Å²) in [4.78, 5) is 8.66. The van der Waals surface area contributed by atoms with Crippen molar-refractivity contribution in [3.63, 3.8) is 0 Å². The highest BCUT2D eigenvalue weighted by Crippen LogP contribution is 2.30. The zero-order valence-corrected chi connectivity index (χ0v) is 11.0. The van der Waals surface area contributed by atoms with Gasteiger partial charge in [0.25, 0.3) is 0 Å². The Morgan fingerprint density at radius 1 is 0.944 bits per heavy atom. The summed E-state index contributed by atoms with van der Waals surface area (Å²) in [5.74, 6) is 0. The van der Waals surface area contributed by atoms with E-state index in [0.29, 0.717) is 17.8 Å². The summed E-state index contributed by atoms with van der Waals surface area (Å²) in [7, 11) is 0. The molecule has 2 aromatic rings. The molecule has 0 atom stereocenters. The highest BCUT2D eigenvalue weighted by molar-refractivity contribution is 5.29. The van der Waals surface area contributed by atoms with Crippen LogP contribution in [0.25, 0.3) is 0 Å². The second-order valence-electron chi connectivity index (χ2n) is 4.66. The van der Waals surface area contributed by atoms with Crippen molar-refractivity contribution >= 4 is 0 Å². The maximum atomic E-state index is 10.8. The van der Waals surface area contributed by atoms with Crippen LogP contribution in [-0.4, -0.2) is 15.1 Å². The van der Waals surface area contributed by atoms with E-state index in [0.717, 1.165) is 11.1 Å². The van der Waals surface area contributed by atoms with E-state index in [1.54, 1.807) is 12.4 Å². The smallest absolute Gasteiger partial charge is 0.148 e. The van der Waals surface area contributed by atoms with Crippen molar-refractivity contribution in [1.29, 1.82) is 0 Å². The van der Waals surface area contributed by atoms with Crippen molar-refractivity contribution in [2.24, 2.45) is 0 Å². The topological polar surface area (TPSA) is 46.0 Å². The first-order chi connectivity index (χ1) is 8.56. The molecule has 0 aliphatic carbocycles. The van der Waals surface area contributed by atoms with Crippen molar-refractivity contribution in [1.82, 2.24) is 9.97 Å². The van der Waals surface area contributed by atoms with Gasteiger partial charge < -0.3 is 5.11 Å². The Morgan fingerprint density at radius 3 is 1.67 bits per heavy atom. The lowest BCUT2D eigenvalue weighted by Crippen LogP contribution is -2.28. The number of pyridine rings is 2. The molecule has 2 heterocycles. The lowest BCUT2D eigenvalue weighted by atomic mass is 9.91. The minimum absolute atomic E-state index is 0.541. The molecular formula is C15H18N2O. The fourth-order valence-electron chi connectivity index (χ4n) is 1.92. The molecule has 0 radical (unpaired) electrons. The summed E-state index contributed by atoms with van der Waals surface area (Å²) in [6.45, 7) is 5.89. The fraction of sp³-hybridized carbons (Fsp3) is 0.333. The van der Waals surface area contributed by atoms with Crippen molar-refractivity contribution < 1.29 is 5.11 Å². The molecule has 0 bridgehead atoms. The molecule has 0 unspecified atom stereocenters. The number of nitrogens with zero attached hydrogens (tertiary/aromatic N) is 2. The number of aliphatic hydroxyl groups is 1. The molecule has 94 valence electrons. The van der Waals surface area contributed by atoms with Gasteiger partial charge >= 0.3 is 0 Å². The largest absolute Gasteiger partial charge is 0.377 e. The van der Waals surface area contributed by atoms with Gasteiger partial charge in [0.1, 0.15) is 5.60 Å². The van der Waals surface area contributed by atoms with Gasteiger partial charge in [-0.2, -0.15) is 0 Å². The highest BCUT2D eigenvalue weighted by atomic mass is 16.3. The molecule has 3 nitrogen and oxygen atoms in total. The third-order valence-electron chi connectivity index (χ3n) is 3.18. The Hall–Kier alpha value is -1.74. The van der Waals surface area contributed by atoms with Crippen LogP contribution in [0.1, 0.15) is 35.9 Å². The monoisotopic (exact) mass is 242 g/mol. The van der Waals surface area contributed by atoms with E-state index in [2.05, 4.69) is 9.97 Å². The minimum Gasteiger partial charge on any atom is -0.377 e. The van der Waals surface area contributed by atoms with E-state index in [4.69, 9.17) is 0 Å². The minimum atomic E-state index is -1.11. The number of hydrogen-bond acceptors (Lipinski definition) is 3. The standard InChI is InChI=1S/C15H18N2O/c1-4-15(18,13-7-5-11(2)9-16-13)14-8-6-12(3)10-17-14/h5-10,18H,4H2,1-3H3. The second kappa shape index (κ2) is 4.86. The van der Waals surface area contributed by atoms with Gasteiger partial charge in [0, 0.05) is 12.4 Å². The zero-order valence-electron chi connectivity index (χ0n) is 11.0. The Balaban J connectivity index is 2.47. The van der Waals surface area contributed by atoms with Crippen molar-refractivity contribution in [3.8, 4) is 0 Å². The summed E-state index contributed by atoms with van der Waals surface area (Å²) in [5.41, 5.74) is 2.34. The molecule has 0 fully saturated rings. The quantitative estimate of drug-likeness (QED) is 0.900. The normalized spacial score (nSPS) is 11.6. The Labute approximate surface area is 108 Å². The van der Waals surface area contributed by atoms with Crippen LogP contribution in [-0.2, 0) is 5.60 Å². The van der Waals surface area contributed by atoms with Crippen LogP contribution in [0.4, 0.5) is 0 Å². The highest BCUT2D eigenvalue weighted by Gasteiger charge is 2.32. The van der Waals surface area contributed by atoms with Gasteiger partial charge in [-0.05, 0) is 43.5 Å². The van der Waals surface area contributed by atoms with E-state index in [1.807, 2.05) is 45.0 Å². The maximum Gasteiger partial charge on any atom is 0.148 e. The van der Waals surface area contributed by atoms with Gasteiger partial charge in [-0.3, -0.25) is 9.97 Å². The molecule has 0 aromatic carbocycles. The molecule has 0 saturated carbocycles. The van der Waals surface area contributed by atoms with Gasteiger partial charge in [-0.15, -0.1) is 0 Å². The van der Waals surface area contributed by atoms with Crippen LogP contribution in [0.2, 0.25) is 0 Å². The molecule has 0 aliphatic heterocycles. The Morgan fingerprint density at radius 2 is 1.39 bits per heavy atom. The SMILES string of the molecule is CCC(O)(c1ccc(C)cn1)c1ccc(C)cn1. The van der Waals surface area contributed by atoms with E-state index in [-0.39, 0.29) is 0 Å². The number of hydrogen-bond donors (Lipinski definition) is 1. The summed E-state index contributed by atoms with van der Waals surface area (Å²) in [6, 6.07) is 7.63. The second-order valence-corrected chi connectivity index (χ2v) is 4.66. The molecule has 2 rings (SSSR count). The van der Waals surface area contributed by atoms with Crippen LogP contribution >= 0.6 is 0 Å². The predicted molar refractivity (Wildman–Crippen MR) is 71.2 cm³/mol. The molecule has 0 amide bonds. The zero-order chi connectivity index (χ0) is 13.2. The number of aryl methyl sites for hydroxylation is 2. The van der Waals surface area contributed by atoms with Crippen molar-refractivity contribution in [3.05, 3.63) is 59.2 Å². The van der Waals surface area contributed by atoms with E-state index >= 15 is 0 Å². The average Bonchev–Trinajstić information content (AvgIpc) is 2.39. The van der Waals surface area contributed by atoms with Crippen LogP contribution < -0.4 is 0 Å². The Kier molecular flexibility index (Phi) is 3.43. The molecule has 18 heavy (non-hydrogen) atoms. The molecule has 0 spiro atoms. The van der Waals surface area contributed by atoms with Gasteiger partial charge in [-0.25, -0.2) is 0 Å². The van der Waals surface area contributed by atoms with Gasteiger partial charge in [0.2, 0.25) is 0 Å². The number of rotatable bonds is 3. The van der Waals surface area contributed by atoms with Gasteiger partial charge in [-0.1, -0.05) is 19.1 Å². The average molecular weight is 242 g/mol. The fourth-order valence-corrected chi connectivity index (χ4v) is 1.92. The molecule has 1 N–H and O–H groups in total. The summed E-state index contributed by atoms with van der Waals surface area (Å²) in [6.07, 6.45) is 4.08. The van der Waals surface area contributed by atoms with Crippen LogP contribution in [0.3, 0.4) is 0 Å². The molecular weight excluding hydrogens is 224 g/mol. The molecule has 0 aliphatic rings. The van der Waals surface area contributed by atoms with Crippen LogP contribution in [0, 0.1) is 13.8 Å². The Bertz CT molecular complexity index is 472. The van der Waals surface area contributed by atoms with Crippen LogP contribution in [0.5, 0.6) is 0 Å². The maximum absolute atomic E-state index is 10.8. The third-order valence-corrected chi connectivity index (χ3v) is 3.18.